The van der Waals surface area contributed by atoms with Gasteiger partial charge >= 0.3 is 0 Å². The number of thiazole rings is 1. The zero-order chi connectivity index (χ0) is 13.9. The molecule has 1 aliphatic heterocycles. The molecule has 1 aliphatic carbocycles. The first kappa shape index (κ1) is 14.1. The number of fused-ring (bicyclic) bond motifs is 1. The zero-order valence-electron chi connectivity index (χ0n) is 12.3. The van der Waals surface area contributed by atoms with E-state index in [0.717, 1.165) is 47.3 Å². The van der Waals surface area contributed by atoms with E-state index in [1.807, 2.05) is 0 Å². The summed E-state index contributed by atoms with van der Waals surface area (Å²) in [7, 11) is 0. The lowest BCUT2D eigenvalue weighted by Crippen LogP contribution is -2.46. The maximum atomic E-state index is 11.2. The van der Waals surface area contributed by atoms with Crippen molar-refractivity contribution in [2.45, 2.75) is 64.3 Å². The van der Waals surface area contributed by atoms with Gasteiger partial charge in [-0.15, -0.1) is 0 Å². The molecule has 1 saturated heterocycles. The fourth-order valence-electron chi connectivity index (χ4n) is 3.84. The summed E-state index contributed by atoms with van der Waals surface area (Å²) in [5.41, 5.74) is 1.01. The summed E-state index contributed by atoms with van der Waals surface area (Å²) in [5.74, 6) is 0.857. The Bertz CT molecular complexity index is 469. The minimum Gasteiger partial charge on any atom is -0.345 e. The third kappa shape index (κ3) is 2.62. The Kier molecular flexibility index (Phi) is 4.39. The first-order valence-corrected chi connectivity index (χ1v) is 8.86. The second-order valence-corrected chi connectivity index (χ2v) is 7.13. The molecule has 2 fully saturated rings. The van der Waals surface area contributed by atoms with Gasteiger partial charge < -0.3 is 4.90 Å². The molecule has 0 bridgehead atoms. The third-order valence-electron chi connectivity index (χ3n) is 4.80. The Balaban J connectivity index is 1.85. The van der Waals surface area contributed by atoms with Gasteiger partial charge in [-0.2, -0.15) is 0 Å². The Morgan fingerprint density at radius 3 is 2.90 bits per heavy atom. The lowest BCUT2D eigenvalue weighted by molar-refractivity contribution is 0.112. The van der Waals surface area contributed by atoms with Crippen LogP contribution in [0.2, 0.25) is 0 Å². The monoisotopic (exact) mass is 292 g/mol. The SMILES string of the molecule is CCCc1nc(N2CCC[C@H]3CCCC[C@H]32)sc1C=O. The maximum Gasteiger partial charge on any atom is 0.186 e. The fourth-order valence-corrected chi connectivity index (χ4v) is 4.85. The van der Waals surface area contributed by atoms with Crippen molar-refractivity contribution in [2.24, 2.45) is 5.92 Å². The van der Waals surface area contributed by atoms with Crippen molar-refractivity contribution in [3.8, 4) is 0 Å². The number of hydrogen-bond donors (Lipinski definition) is 0. The van der Waals surface area contributed by atoms with Gasteiger partial charge in [0.2, 0.25) is 0 Å². The molecule has 0 radical (unpaired) electrons. The Labute approximate surface area is 125 Å². The first-order chi connectivity index (χ1) is 9.83. The second kappa shape index (κ2) is 6.25. The standard InChI is InChI=1S/C16H24N2OS/c1-2-6-13-15(11-19)20-16(17-13)18-10-5-8-12-7-3-4-9-14(12)18/h11-12,14H,2-10H2,1H3/t12-,14-/m1/s1. The smallest absolute Gasteiger partial charge is 0.186 e. The number of nitrogens with zero attached hydrogens (tertiary/aromatic N) is 2. The van der Waals surface area contributed by atoms with Crippen LogP contribution in [0.5, 0.6) is 0 Å². The number of piperidine rings is 1. The lowest BCUT2D eigenvalue weighted by atomic mass is 9.78. The van der Waals surface area contributed by atoms with Crippen molar-refractivity contribution in [1.82, 2.24) is 4.98 Å². The molecule has 2 heterocycles. The van der Waals surface area contributed by atoms with Crippen LogP contribution in [0, 0.1) is 5.92 Å². The minimum atomic E-state index is 0.678. The Hall–Kier alpha value is -0.900. The van der Waals surface area contributed by atoms with Crippen molar-refractivity contribution < 1.29 is 4.79 Å². The van der Waals surface area contributed by atoms with Gasteiger partial charge in [0.25, 0.3) is 0 Å². The molecule has 1 aromatic heterocycles. The topological polar surface area (TPSA) is 33.2 Å². The predicted octanol–water partition coefficient (Wildman–Crippen LogP) is 4.07. The average Bonchev–Trinajstić information content (AvgIpc) is 2.90. The van der Waals surface area contributed by atoms with E-state index in [1.54, 1.807) is 11.3 Å². The van der Waals surface area contributed by atoms with Crippen LogP contribution in [-0.4, -0.2) is 23.9 Å². The number of hydrogen-bond acceptors (Lipinski definition) is 4. The van der Waals surface area contributed by atoms with Crippen molar-refractivity contribution in [1.29, 1.82) is 0 Å². The molecular weight excluding hydrogens is 268 g/mol. The summed E-state index contributed by atoms with van der Waals surface area (Å²) in [6.07, 6.45) is 11.1. The summed E-state index contributed by atoms with van der Waals surface area (Å²) in [6.45, 7) is 3.27. The number of carbonyl (C=O) groups is 1. The van der Waals surface area contributed by atoms with E-state index in [0.29, 0.717) is 6.04 Å². The molecule has 110 valence electrons. The predicted molar refractivity (Wildman–Crippen MR) is 83.8 cm³/mol. The highest BCUT2D eigenvalue weighted by atomic mass is 32.1. The minimum absolute atomic E-state index is 0.678. The number of anilines is 1. The zero-order valence-corrected chi connectivity index (χ0v) is 13.1. The molecular formula is C16H24N2OS. The van der Waals surface area contributed by atoms with Gasteiger partial charge in [0, 0.05) is 12.6 Å². The third-order valence-corrected chi connectivity index (χ3v) is 5.86. The van der Waals surface area contributed by atoms with E-state index < -0.39 is 0 Å². The number of carbonyl (C=O) groups excluding carboxylic acids is 1. The summed E-state index contributed by atoms with van der Waals surface area (Å²) >= 11 is 1.61. The normalized spacial score (nSPS) is 26.4. The van der Waals surface area contributed by atoms with E-state index in [9.17, 15) is 4.79 Å². The molecule has 3 rings (SSSR count). The highest BCUT2D eigenvalue weighted by Crippen LogP contribution is 2.39. The molecule has 0 N–H and O–H groups in total. The van der Waals surface area contributed by atoms with Crippen LogP contribution in [0.1, 0.15) is 67.2 Å². The van der Waals surface area contributed by atoms with E-state index in [-0.39, 0.29) is 0 Å². The molecule has 0 aromatic carbocycles. The highest BCUT2D eigenvalue weighted by Gasteiger charge is 2.34. The van der Waals surface area contributed by atoms with Crippen molar-refractivity contribution in [3.63, 3.8) is 0 Å². The van der Waals surface area contributed by atoms with E-state index in [4.69, 9.17) is 4.98 Å². The Morgan fingerprint density at radius 2 is 2.10 bits per heavy atom. The van der Waals surface area contributed by atoms with Gasteiger partial charge in [-0.25, -0.2) is 4.98 Å². The Morgan fingerprint density at radius 1 is 1.30 bits per heavy atom. The van der Waals surface area contributed by atoms with E-state index in [2.05, 4.69) is 11.8 Å². The van der Waals surface area contributed by atoms with Gasteiger partial charge in [-0.1, -0.05) is 37.5 Å². The lowest BCUT2D eigenvalue weighted by Gasteiger charge is -2.44. The molecule has 20 heavy (non-hydrogen) atoms. The first-order valence-electron chi connectivity index (χ1n) is 8.05. The maximum absolute atomic E-state index is 11.2. The number of rotatable bonds is 4. The highest BCUT2D eigenvalue weighted by molar-refractivity contribution is 7.17. The summed E-state index contributed by atoms with van der Waals surface area (Å²) in [5, 5.41) is 1.10. The largest absolute Gasteiger partial charge is 0.345 e. The summed E-state index contributed by atoms with van der Waals surface area (Å²) < 4.78 is 0. The van der Waals surface area contributed by atoms with Crippen molar-refractivity contribution in [2.75, 3.05) is 11.4 Å². The molecule has 4 heteroatoms. The molecule has 3 nitrogen and oxygen atoms in total. The molecule has 1 aromatic rings. The van der Waals surface area contributed by atoms with Gasteiger partial charge in [0.05, 0.1) is 10.6 Å². The molecule has 0 amide bonds. The van der Waals surface area contributed by atoms with E-state index in [1.165, 1.54) is 38.5 Å². The van der Waals surface area contributed by atoms with Gasteiger partial charge in [0.15, 0.2) is 11.4 Å². The van der Waals surface area contributed by atoms with Crippen LogP contribution in [0.15, 0.2) is 0 Å². The van der Waals surface area contributed by atoms with Crippen LogP contribution in [0.4, 0.5) is 5.13 Å². The van der Waals surface area contributed by atoms with Crippen LogP contribution in [0.3, 0.4) is 0 Å². The molecule has 2 atom stereocenters. The quantitative estimate of drug-likeness (QED) is 0.784. The second-order valence-electron chi connectivity index (χ2n) is 6.12. The molecule has 0 unspecified atom stereocenters. The van der Waals surface area contributed by atoms with Crippen molar-refractivity contribution >= 4 is 22.8 Å². The van der Waals surface area contributed by atoms with Gasteiger partial charge in [-0.05, 0) is 38.0 Å². The average molecular weight is 292 g/mol. The summed E-state index contributed by atoms with van der Waals surface area (Å²) in [6, 6.07) is 0.678. The molecule has 0 spiro atoms. The molecule has 2 aliphatic rings. The summed E-state index contributed by atoms with van der Waals surface area (Å²) in [4.78, 5) is 19.4. The van der Waals surface area contributed by atoms with Crippen LogP contribution < -0.4 is 4.90 Å². The van der Waals surface area contributed by atoms with Crippen LogP contribution in [-0.2, 0) is 6.42 Å². The van der Waals surface area contributed by atoms with Crippen molar-refractivity contribution in [3.05, 3.63) is 10.6 Å². The van der Waals surface area contributed by atoms with Crippen LogP contribution >= 0.6 is 11.3 Å². The molecule has 1 saturated carbocycles. The van der Waals surface area contributed by atoms with E-state index >= 15 is 0 Å². The fraction of sp³-hybridized carbons (Fsp3) is 0.750. The van der Waals surface area contributed by atoms with Gasteiger partial charge in [0.1, 0.15) is 0 Å². The van der Waals surface area contributed by atoms with Crippen LogP contribution in [0.25, 0.3) is 0 Å². The van der Waals surface area contributed by atoms with Gasteiger partial charge in [-0.3, -0.25) is 4.79 Å². The number of aldehydes is 1. The number of aryl methyl sites for hydroxylation is 1. The number of aromatic nitrogens is 1.